The first-order chi connectivity index (χ1) is 55.8. The first kappa shape index (κ1) is 101. The van der Waals surface area contributed by atoms with Gasteiger partial charge in [0, 0.05) is 124 Å². The zero-order chi connectivity index (χ0) is 85.7. The number of aliphatic hydroxyl groups excluding tert-OH is 9. The van der Waals surface area contributed by atoms with Gasteiger partial charge in [0.2, 0.25) is 0 Å². The molecule has 0 aromatic heterocycles. The number of cyclic esters (lactones) is 2. The minimum Gasteiger partial charge on any atom is -0.459 e. The van der Waals surface area contributed by atoms with Crippen molar-refractivity contribution in [1.29, 1.82) is 0 Å². The van der Waals surface area contributed by atoms with Gasteiger partial charge in [-0.2, -0.15) is 0 Å². The lowest BCUT2D eigenvalue weighted by Crippen LogP contribution is -2.56. The summed E-state index contributed by atoms with van der Waals surface area (Å²) in [5.41, 5.74) is 1.29. The van der Waals surface area contributed by atoms with Crippen LogP contribution in [0.25, 0.3) is 0 Å². The summed E-state index contributed by atoms with van der Waals surface area (Å²) >= 11 is 0. The maximum absolute atomic E-state index is 14.2. The van der Waals surface area contributed by atoms with Crippen molar-refractivity contribution in [2.75, 3.05) is 63.0 Å². The Kier molecular flexibility index (Phi) is 43.8. The van der Waals surface area contributed by atoms with Crippen molar-refractivity contribution < 1.29 is 136 Å². The summed E-state index contributed by atoms with van der Waals surface area (Å²) in [6.45, 7) is 18.8. The van der Waals surface area contributed by atoms with E-state index in [1.807, 2.05) is 84.9 Å². The summed E-state index contributed by atoms with van der Waals surface area (Å²) in [7, 11) is 10.9. The highest BCUT2D eigenvalue weighted by Gasteiger charge is 2.45. The fourth-order valence-electron chi connectivity index (χ4n) is 17.8. The Morgan fingerprint density at radius 3 is 1.22 bits per heavy atom. The largest absolute Gasteiger partial charge is 0.459 e. The Labute approximate surface area is 696 Å². The number of hydrogen-bond donors (Lipinski definition) is 9. The summed E-state index contributed by atoms with van der Waals surface area (Å²) in [4.78, 5) is 28.4. The van der Waals surface area contributed by atoms with Crippen LogP contribution in [0.2, 0.25) is 0 Å². The maximum atomic E-state index is 14.2. The van der Waals surface area contributed by atoms with E-state index < -0.39 is 182 Å². The SMILES string of the molecule is CO[C@H]1C[C@H](CC[C@H](C)[C@H](O)[C@H](C)[C@@H]2C[C@H](O)C[C@H](O)[C@H](C)[C@@H](OC)C[C@@H]3CC=C[C@@H](C[C@@H](O[C@H]4OC[C@H](OC)[C@@H](OC)[C@@H]4O)CC=C(C)C=CC(=O)O[C@H]([C@@H](C)[C@@H](O)[C@@H](C)CC[C@H]4C[C@H](OC)C[C@H](C)O4)C[C@H](O)C[C@H](O)[C@H](C)[C@@H](OC)C[C@@H]4CC=C[C@@H](C[C@@H](O[C@H]5OC[C@H](O)[C@@H](OC)[C@@H]5O)CC=C(C)C=CC(=O)O2)O4)O3)O[C@@H](C)C1. The number of fused-ring (bicyclic) bond motifs is 4. The van der Waals surface area contributed by atoms with Crippen LogP contribution in [0.1, 0.15) is 198 Å². The average molecular weight is 1670 g/mol. The quantitative estimate of drug-likeness (QED) is 0.0342. The molecule has 0 amide bonds. The minimum absolute atomic E-state index is 0.0170. The molecule has 7 rings (SSSR count). The van der Waals surface area contributed by atoms with E-state index in [1.54, 1.807) is 61.4 Å². The van der Waals surface area contributed by atoms with Crippen LogP contribution in [-0.4, -0.2) is 304 Å². The van der Waals surface area contributed by atoms with E-state index in [9.17, 15) is 55.5 Å². The van der Waals surface area contributed by atoms with Gasteiger partial charge in [-0.15, -0.1) is 0 Å². The molecule has 9 N–H and O–H groups in total. The van der Waals surface area contributed by atoms with E-state index in [1.165, 1.54) is 33.5 Å². The fraction of sp³-hybridized carbons (Fsp3) is 0.843. The van der Waals surface area contributed by atoms with Gasteiger partial charge in [0.05, 0.1) is 135 Å². The maximum Gasteiger partial charge on any atom is 0.331 e. The van der Waals surface area contributed by atoms with E-state index in [-0.39, 0.29) is 113 Å². The molecule has 4 bridgehead atoms. The molecule has 4 fully saturated rings. The van der Waals surface area contributed by atoms with E-state index in [2.05, 4.69) is 0 Å². The molecule has 7 aliphatic heterocycles. The number of allylic oxidation sites excluding steroid dienone is 4. The number of methoxy groups -OCH3 is 7. The second-order valence-corrected chi connectivity index (χ2v) is 34.7. The average Bonchev–Trinajstić information content (AvgIpc) is 0.839. The normalized spacial score (nSPS) is 40.3. The van der Waals surface area contributed by atoms with Crippen LogP contribution in [0, 0.1) is 35.5 Å². The molecule has 0 aromatic rings. The van der Waals surface area contributed by atoms with Crippen LogP contribution in [0.5, 0.6) is 0 Å². The number of carbonyl (C=O) groups excluding carboxylic acids is 2. The van der Waals surface area contributed by atoms with Crippen molar-refractivity contribution in [3.63, 3.8) is 0 Å². The molecule has 28 nitrogen and oxygen atoms in total. The lowest BCUT2D eigenvalue weighted by molar-refractivity contribution is -0.290. The van der Waals surface area contributed by atoms with Crippen molar-refractivity contribution in [2.45, 2.75) is 381 Å². The first-order valence-electron chi connectivity index (χ1n) is 43.2. The predicted molar refractivity (Wildman–Crippen MR) is 436 cm³/mol. The Hall–Kier alpha value is -3.58. The topological polar surface area (TPSA) is 373 Å². The van der Waals surface area contributed by atoms with Crippen LogP contribution in [0.15, 0.2) is 71.9 Å². The van der Waals surface area contributed by atoms with E-state index in [0.29, 0.717) is 62.5 Å². The van der Waals surface area contributed by atoms with Gasteiger partial charge in [-0.3, -0.25) is 0 Å². The van der Waals surface area contributed by atoms with Gasteiger partial charge in [-0.05, 0) is 129 Å². The zero-order valence-corrected chi connectivity index (χ0v) is 72.9. The van der Waals surface area contributed by atoms with Crippen LogP contribution in [-0.2, 0) is 90.1 Å². The lowest BCUT2D eigenvalue weighted by Gasteiger charge is -2.40. The number of rotatable bonds is 23. The van der Waals surface area contributed by atoms with E-state index in [4.69, 9.17) is 80.5 Å². The van der Waals surface area contributed by atoms with Gasteiger partial charge < -0.3 is 126 Å². The molecule has 7 aliphatic rings. The van der Waals surface area contributed by atoms with Crippen LogP contribution >= 0.6 is 0 Å². The van der Waals surface area contributed by atoms with E-state index in [0.717, 1.165) is 25.7 Å². The summed E-state index contributed by atoms with van der Waals surface area (Å²) in [5.74, 6) is -4.46. The molecule has 7 heterocycles. The third-order valence-electron chi connectivity index (χ3n) is 25.5. The van der Waals surface area contributed by atoms with E-state index >= 15 is 0 Å². The van der Waals surface area contributed by atoms with Crippen molar-refractivity contribution in [1.82, 2.24) is 0 Å². The molecule has 0 aromatic carbocycles. The molecule has 4 saturated heterocycles. The fourth-order valence-corrected chi connectivity index (χ4v) is 17.8. The highest BCUT2D eigenvalue weighted by molar-refractivity contribution is 5.83. The summed E-state index contributed by atoms with van der Waals surface area (Å²) in [6, 6.07) is 0. The molecule has 674 valence electrons. The Morgan fingerprint density at radius 1 is 0.427 bits per heavy atom. The molecule has 0 aliphatic carbocycles. The molecular formula is C89H150O28. The second-order valence-electron chi connectivity index (χ2n) is 34.7. The summed E-state index contributed by atoms with van der Waals surface area (Å²) < 4.78 is 104. The zero-order valence-electron chi connectivity index (χ0n) is 72.9. The highest BCUT2D eigenvalue weighted by atomic mass is 16.7. The molecule has 0 unspecified atom stereocenters. The highest BCUT2D eigenvalue weighted by Crippen LogP contribution is 2.37. The van der Waals surface area contributed by atoms with Crippen molar-refractivity contribution in [2.24, 2.45) is 35.5 Å². The molecular weight excluding hydrogens is 1520 g/mol. The molecule has 28 heteroatoms. The number of ether oxygens (including phenoxy) is 17. The molecule has 36 atom stereocenters. The van der Waals surface area contributed by atoms with Crippen molar-refractivity contribution in [3.05, 3.63) is 71.9 Å². The Bertz CT molecular complexity index is 3020. The molecule has 0 saturated carbocycles. The van der Waals surface area contributed by atoms with Crippen LogP contribution < -0.4 is 0 Å². The van der Waals surface area contributed by atoms with Crippen molar-refractivity contribution >= 4 is 11.9 Å². The molecule has 0 spiro atoms. The Morgan fingerprint density at radius 2 is 0.829 bits per heavy atom. The third kappa shape index (κ3) is 32.2. The molecule has 117 heavy (non-hydrogen) atoms. The number of carbonyl (C=O) groups is 2. The number of aliphatic hydroxyl groups is 9. The number of esters is 2. The van der Waals surface area contributed by atoms with Crippen LogP contribution in [0.3, 0.4) is 0 Å². The number of hydrogen-bond acceptors (Lipinski definition) is 28. The minimum atomic E-state index is -1.36. The second kappa shape index (κ2) is 51.0. The van der Waals surface area contributed by atoms with Crippen LogP contribution in [0.4, 0.5) is 0 Å². The molecule has 0 radical (unpaired) electrons. The summed E-state index contributed by atoms with van der Waals surface area (Å²) in [5, 5.41) is 106. The van der Waals surface area contributed by atoms with Crippen molar-refractivity contribution in [3.8, 4) is 0 Å². The smallest absolute Gasteiger partial charge is 0.331 e. The third-order valence-corrected chi connectivity index (χ3v) is 25.5. The first-order valence-corrected chi connectivity index (χ1v) is 43.2. The van der Waals surface area contributed by atoms with Gasteiger partial charge in [0.15, 0.2) is 12.6 Å². The van der Waals surface area contributed by atoms with Gasteiger partial charge in [0.1, 0.15) is 48.8 Å². The summed E-state index contributed by atoms with van der Waals surface area (Å²) in [6.07, 6.45) is 4.02. The van der Waals surface area contributed by atoms with Gasteiger partial charge in [-0.25, -0.2) is 9.59 Å². The van der Waals surface area contributed by atoms with Gasteiger partial charge >= 0.3 is 11.9 Å². The van der Waals surface area contributed by atoms with Gasteiger partial charge in [-0.1, -0.05) is 101 Å². The standard InChI is InChI=1S/C89H150O28/c1-50-24-30-68(114-88-84(99)86(106-16)74(94)48-108-88)42-62-20-18-22-64(112-62)46-75(103-13)56(7)72(92)38-60(90)41-78(59(10)83(98)53(4)29-33-67-45-71(102-12)37-55(6)111-67)117-81(96)35-27-51(2)25-31-69(115-89-85(100)87(107-17)79(105-15)49-109-89)43-63-21-19-23-65(113-63)47-76(104-14)57(8)73(93)39-61(91)40-77(116-80(95)34-26-50)58(9)82(97)52(3)28-32-66-44-70(101-11)36-54(5)110-66/h18-21,24-27,34-35,52-79,82-94,97-100H,22-23,28-33,36-49H2,1-17H3/t52-,53-,54-,55-,56-,57-,58+,59+,60+,61+,62-,63-,64-,65-,66-,67-,68-,69-,70+,71+,72-,73-,74-,75-,76-,77-,78-,79-,82-,83-,84-,85-,86+,87+,88+,89+/m0/s1. The predicted octanol–water partition coefficient (Wildman–Crippen LogP) is 8.51. The van der Waals surface area contributed by atoms with Gasteiger partial charge in [0.25, 0.3) is 0 Å². The lowest BCUT2D eigenvalue weighted by atomic mass is 9.83. The monoisotopic (exact) mass is 1670 g/mol. The Balaban J connectivity index is 1.17.